The van der Waals surface area contributed by atoms with E-state index in [1.807, 2.05) is 19.0 Å². The third-order valence-corrected chi connectivity index (χ3v) is 6.00. The lowest BCUT2D eigenvalue weighted by Crippen LogP contribution is -2.36. The Kier molecular flexibility index (Phi) is 5.55. The van der Waals surface area contributed by atoms with Crippen LogP contribution >= 0.6 is 11.3 Å². The van der Waals surface area contributed by atoms with E-state index in [9.17, 15) is 22.8 Å². The normalized spacial score (nSPS) is 15.5. The standard InChI is InChI=1S/C22H18F3N3O2S/c1-27(2)7-8-28-21(30)18(9-12-3-4-13(23)10-16(12)25)31-22(28)19-15-6-5-14(24)11-17(15)26-20(19)29/h3-6,9-11H,7-8H2,1-2H3,(H,26,29)/b18-9?,22-19-. The Balaban J connectivity index is 2.00. The largest absolute Gasteiger partial charge is 0.321 e. The summed E-state index contributed by atoms with van der Waals surface area (Å²) in [6.07, 6.45) is 1.34. The number of rotatable bonds is 4. The lowest BCUT2D eigenvalue weighted by atomic mass is 10.1. The maximum absolute atomic E-state index is 14.1. The van der Waals surface area contributed by atoms with Crippen LogP contribution in [0.25, 0.3) is 11.6 Å². The van der Waals surface area contributed by atoms with E-state index in [0.717, 1.165) is 23.5 Å². The van der Waals surface area contributed by atoms with Crippen molar-refractivity contribution in [1.82, 2.24) is 9.47 Å². The zero-order valence-corrected chi connectivity index (χ0v) is 17.5. The van der Waals surface area contributed by atoms with Crippen molar-refractivity contribution in [2.24, 2.45) is 0 Å². The molecule has 1 aliphatic rings. The van der Waals surface area contributed by atoms with Crippen molar-refractivity contribution < 1.29 is 18.0 Å². The highest BCUT2D eigenvalue weighted by atomic mass is 32.1. The number of carbonyl (C=O) groups is 1. The van der Waals surface area contributed by atoms with E-state index >= 15 is 0 Å². The fraction of sp³-hybridized carbons (Fsp3) is 0.182. The number of thiazole rings is 1. The van der Waals surface area contributed by atoms with Gasteiger partial charge in [0.25, 0.3) is 11.5 Å². The fourth-order valence-corrected chi connectivity index (χ4v) is 4.51. The van der Waals surface area contributed by atoms with Crippen molar-refractivity contribution in [1.29, 1.82) is 0 Å². The molecule has 2 aromatic carbocycles. The smallest absolute Gasteiger partial charge is 0.269 e. The molecule has 0 unspecified atom stereocenters. The van der Waals surface area contributed by atoms with Crippen LogP contribution in [0.1, 0.15) is 11.1 Å². The molecular weight excluding hydrogens is 427 g/mol. The first-order chi connectivity index (χ1) is 14.7. The topological polar surface area (TPSA) is 54.3 Å². The molecule has 0 atom stereocenters. The molecule has 31 heavy (non-hydrogen) atoms. The van der Waals surface area contributed by atoms with Crippen molar-refractivity contribution >= 4 is 34.6 Å². The van der Waals surface area contributed by atoms with Crippen molar-refractivity contribution in [2.45, 2.75) is 6.54 Å². The van der Waals surface area contributed by atoms with E-state index in [-0.39, 0.29) is 21.2 Å². The van der Waals surface area contributed by atoms with Gasteiger partial charge >= 0.3 is 0 Å². The van der Waals surface area contributed by atoms with Crippen molar-refractivity contribution in [3.05, 3.63) is 84.5 Å². The fourth-order valence-electron chi connectivity index (χ4n) is 3.33. The van der Waals surface area contributed by atoms with Crippen LogP contribution < -0.4 is 20.1 Å². The summed E-state index contributed by atoms with van der Waals surface area (Å²) in [5, 5.41) is 2.63. The number of benzene rings is 2. The molecule has 0 aliphatic carbocycles. The van der Waals surface area contributed by atoms with Gasteiger partial charge in [-0.05, 0) is 50.5 Å². The van der Waals surface area contributed by atoms with Crippen LogP contribution in [0.4, 0.5) is 18.9 Å². The van der Waals surface area contributed by atoms with Gasteiger partial charge in [-0.15, -0.1) is 11.3 Å². The molecule has 160 valence electrons. The maximum Gasteiger partial charge on any atom is 0.269 e. The third-order valence-electron chi connectivity index (χ3n) is 4.87. The maximum atomic E-state index is 14.1. The molecular formula is C22H18F3N3O2S. The van der Waals surface area contributed by atoms with E-state index in [2.05, 4.69) is 5.32 Å². The van der Waals surface area contributed by atoms with Gasteiger partial charge < -0.3 is 10.2 Å². The monoisotopic (exact) mass is 445 g/mol. The average molecular weight is 445 g/mol. The summed E-state index contributed by atoms with van der Waals surface area (Å²) in [4.78, 5) is 27.7. The predicted molar refractivity (Wildman–Crippen MR) is 114 cm³/mol. The number of fused-ring (bicyclic) bond motifs is 1. The third kappa shape index (κ3) is 4.06. The van der Waals surface area contributed by atoms with Crippen LogP contribution in [0.3, 0.4) is 0 Å². The van der Waals surface area contributed by atoms with E-state index in [1.165, 1.54) is 34.9 Å². The van der Waals surface area contributed by atoms with Gasteiger partial charge in [-0.25, -0.2) is 13.2 Å². The summed E-state index contributed by atoms with van der Waals surface area (Å²) in [5.41, 5.74) is 0.756. The number of aromatic nitrogens is 1. The molecule has 0 saturated carbocycles. The van der Waals surface area contributed by atoms with Crippen LogP contribution in [-0.2, 0) is 11.3 Å². The highest BCUT2D eigenvalue weighted by molar-refractivity contribution is 7.07. The summed E-state index contributed by atoms with van der Waals surface area (Å²) in [5.74, 6) is -2.44. The first kappa shape index (κ1) is 21.1. The number of amides is 1. The Bertz CT molecular complexity index is 1380. The zero-order valence-electron chi connectivity index (χ0n) is 16.7. The Morgan fingerprint density at radius 1 is 1.06 bits per heavy atom. The minimum absolute atomic E-state index is 0.0643. The zero-order chi connectivity index (χ0) is 22.3. The number of hydrogen-bond acceptors (Lipinski definition) is 4. The minimum atomic E-state index is -0.790. The number of nitrogens with one attached hydrogen (secondary N) is 1. The van der Waals surface area contributed by atoms with Crippen molar-refractivity contribution in [3.63, 3.8) is 0 Å². The van der Waals surface area contributed by atoms with E-state index in [4.69, 9.17) is 0 Å². The van der Waals surface area contributed by atoms with Crippen molar-refractivity contribution in [2.75, 3.05) is 26.0 Å². The number of nitrogens with zero attached hydrogens (tertiary/aromatic N) is 2. The van der Waals surface area contributed by atoms with Crippen LogP contribution in [0, 0.1) is 17.5 Å². The number of likely N-dealkylation sites (N-methyl/N-ethyl adjacent to an activating group) is 1. The second kappa shape index (κ2) is 8.16. The highest BCUT2D eigenvalue weighted by Gasteiger charge is 2.27. The molecule has 1 aliphatic heterocycles. The van der Waals surface area contributed by atoms with Crippen LogP contribution in [-0.4, -0.2) is 36.0 Å². The summed E-state index contributed by atoms with van der Waals surface area (Å²) in [6, 6.07) is 7.06. The van der Waals surface area contributed by atoms with Gasteiger partial charge in [0.2, 0.25) is 0 Å². The summed E-state index contributed by atoms with van der Waals surface area (Å²) >= 11 is 1.04. The quantitative estimate of drug-likeness (QED) is 0.667. The second-order valence-corrected chi connectivity index (χ2v) is 8.39. The molecule has 0 radical (unpaired) electrons. The van der Waals surface area contributed by atoms with Gasteiger partial charge in [0.1, 0.15) is 22.1 Å². The average Bonchev–Trinajstić information content (AvgIpc) is 3.17. The SMILES string of the molecule is CN(C)CCn1c(=O)c(=Cc2ccc(F)cc2F)s/c1=C1\C(=O)Nc2cc(F)ccc21. The van der Waals surface area contributed by atoms with Gasteiger partial charge in [-0.1, -0.05) is 0 Å². The first-order valence-electron chi connectivity index (χ1n) is 9.41. The van der Waals surface area contributed by atoms with E-state index < -0.39 is 23.4 Å². The van der Waals surface area contributed by atoms with Gasteiger partial charge in [0.05, 0.1) is 15.8 Å². The molecule has 0 spiro atoms. The molecule has 0 bridgehead atoms. The molecule has 2 heterocycles. The number of anilines is 1. The predicted octanol–water partition coefficient (Wildman–Crippen LogP) is 1.87. The number of hydrogen-bond donors (Lipinski definition) is 1. The van der Waals surface area contributed by atoms with Gasteiger partial charge in [-0.2, -0.15) is 0 Å². The Morgan fingerprint density at radius 2 is 1.77 bits per heavy atom. The molecule has 1 amide bonds. The summed E-state index contributed by atoms with van der Waals surface area (Å²) in [6.45, 7) is 0.823. The Labute approximate surface area is 179 Å². The van der Waals surface area contributed by atoms with Gasteiger partial charge in [0.15, 0.2) is 0 Å². The van der Waals surface area contributed by atoms with E-state index in [0.29, 0.717) is 29.0 Å². The molecule has 0 saturated heterocycles. The molecule has 1 N–H and O–H groups in total. The van der Waals surface area contributed by atoms with Gasteiger partial charge in [0, 0.05) is 30.3 Å². The molecule has 4 rings (SSSR count). The molecule has 5 nitrogen and oxygen atoms in total. The highest BCUT2D eigenvalue weighted by Crippen LogP contribution is 2.30. The summed E-state index contributed by atoms with van der Waals surface area (Å²) < 4.78 is 43.0. The number of halogens is 3. The first-order valence-corrected chi connectivity index (χ1v) is 10.2. The summed E-state index contributed by atoms with van der Waals surface area (Å²) in [7, 11) is 3.71. The minimum Gasteiger partial charge on any atom is -0.321 e. The molecule has 0 fully saturated rings. The number of carbonyl (C=O) groups excluding carboxylic acids is 1. The lowest BCUT2D eigenvalue weighted by Gasteiger charge is -2.10. The van der Waals surface area contributed by atoms with Crippen LogP contribution in [0.15, 0.2) is 41.2 Å². The molecule has 1 aromatic heterocycles. The molecule has 9 heteroatoms. The second-order valence-electron chi connectivity index (χ2n) is 7.36. The molecule has 3 aromatic rings. The Hall–Kier alpha value is -3.17. The Morgan fingerprint density at radius 3 is 2.48 bits per heavy atom. The van der Waals surface area contributed by atoms with Crippen molar-refractivity contribution in [3.8, 4) is 0 Å². The lowest BCUT2D eigenvalue weighted by molar-refractivity contribution is -0.110. The van der Waals surface area contributed by atoms with Crippen LogP contribution in [0.5, 0.6) is 0 Å². The van der Waals surface area contributed by atoms with E-state index in [1.54, 1.807) is 0 Å². The van der Waals surface area contributed by atoms with Crippen LogP contribution in [0.2, 0.25) is 0 Å². The van der Waals surface area contributed by atoms with Gasteiger partial charge in [-0.3, -0.25) is 14.2 Å².